The Bertz CT molecular complexity index is 745. The second kappa shape index (κ2) is 6.68. The standard InChI is InChI=1S/C15H9Cl2F3O3/c1-22-14(21)10-4-2-9(7-13(10)17)23-8-3-5-12(16)11(6-8)15(18,19)20/h2-7H,1H3. The van der Waals surface area contributed by atoms with Crippen molar-refractivity contribution in [3.8, 4) is 11.5 Å². The van der Waals surface area contributed by atoms with Crippen molar-refractivity contribution in [1.82, 2.24) is 0 Å². The first-order valence-electron chi connectivity index (χ1n) is 6.15. The number of esters is 1. The van der Waals surface area contributed by atoms with Crippen molar-refractivity contribution in [2.45, 2.75) is 6.18 Å². The monoisotopic (exact) mass is 364 g/mol. The molecule has 0 unspecified atom stereocenters. The fraction of sp³-hybridized carbons (Fsp3) is 0.133. The lowest BCUT2D eigenvalue weighted by molar-refractivity contribution is -0.137. The van der Waals surface area contributed by atoms with Gasteiger partial charge in [0.15, 0.2) is 0 Å². The maximum Gasteiger partial charge on any atom is 0.417 e. The van der Waals surface area contributed by atoms with Crippen LogP contribution in [0.1, 0.15) is 15.9 Å². The number of hydrogen-bond donors (Lipinski definition) is 0. The van der Waals surface area contributed by atoms with Crippen molar-refractivity contribution in [2.24, 2.45) is 0 Å². The second-order valence-corrected chi connectivity index (χ2v) is 5.19. The Morgan fingerprint density at radius 2 is 1.61 bits per heavy atom. The van der Waals surface area contributed by atoms with Gasteiger partial charge in [-0.1, -0.05) is 23.2 Å². The van der Waals surface area contributed by atoms with E-state index in [1.54, 1.807) is 0 Å². The molecule has 0 bridgehead atoms. The van der Waals surface area contributed by atoms with Gasteiger partial charge in [-0.05, 0) is 30.3 Å². The number of carbonyl (C=O) groups excluding carboxylic acids is 1. The molecule has 0 aliphatic carbocycles. The van der Waals surface area contributed by atoms with E-state index in [1.807, 2.05) is 0 Å². The van der Waals surface area contributed by atoms with Crippen LogP contribution in [0.4, 0.5) is 13.2 Å². The lowest BCUT2D eigenvalue weighted by Crippen LogP contribution is -2.06. The van der Waals surface area contributed by atoms with E-state index in [0.29, 0.717) is 0 Å². The van der Waals surface area contributed by atoms with E-state index >= 15 is 0 Å². The largest absolute Gasteiger partial charge is 0.465 e. The first kappa shape index (κ1) is 17.4. The fourth-order valence-electron chi connectivity index (χ4n) is 1.76. The number of halogens is 5. The molecule has 0 atom stereocenters. The predicted molar refractivity (Wildman–Crippen MR) is 79.3 cm³/mol. The second-order valence-electron chi connectivity index (χ2n) is 4.37. The van der Waals surface area contributed by atoms with E-state index in [0.717, 1.165) is 12.1 Å². The number of methoxy groups -OCH3 is 1. The van der Waals surface area contributed by atoms with Crippen LogP contribution in [0.15, 0.2) is 36.4 Å². The van der Waals surface area contributed by atoms with Crippen molar-refractivity contribution >= 4 is 29.2 Å². The lowest BCUT2D eigenvalue weighted by Gasteiger charge is -2.12. The quantitative estimate of drug-likeness (QED) is 0.665. The Morgan fingerprint density at radius 1 is 1.00 bits per heavy atom. The molecule has 0 N–H and O–H groups in total. The molecule has 0 aliphatic heterocycles. The molecule has 2 rings (SSSR count). The molecule has 2 aromatic rings. The van der Waals surface area contributed by atoms with Crippen LogP contribution in [0.5, 0.6) is 11.5 Å². The van der Waals surface area contributed by atoms with Crippen LogP contribution in [0.2, 0.25) is 10.0 Å². The molecule has 122 valence electrons. The summed E-state index contributed by atoms with van der Waals surface area (Å²) in [6, 6.07) is 7.20. The van der Waals surface area contributed by atoms with Crippen molar-refractivity contribution < 1.29 is 27.4 Å². The molecule has 0 saturated heterocycles. The molecular weight excluding hydrogens is 356 g/mol. The third-order valence-corrected chi connectivity index (χ3v) is 3.47. The highest BCUT2D eigenvalue weighted by Gasteiger charge is 2.33. The Balaban J connectivity index is 2.30. The van der Waals surface area contributed by atoms with E-state index < -0.39 is 22.7 Å². The molecule has 0 spiro atoms. The van der Waals surface area contributed by atoms with Gasteiger partial charge in [-0.25, -0.2) is 4.79 Å². The van der Waals surface area contributed by atoms with Crippen LogP contribution in [-0.2, 0) is 10.9 Å². The highest BCUT2D eigenvalue weighted by atomic mass is 35.5. The van der Waals surface area contributed by atoms with E-state index in [-0.39, 0.29) is 22.1 Å². The molecule has 23 heavy (non-hydrogen) atoms. The van der Waals surface area contributed by atoms with Gasteiger partial charge in [0.2, 0.25) is 0 Å². The molecular formula is C15H9Cl2F3O3. The molecule has 0 radical (unpaired) electrons. The SMILES string of the molecule is COC(=O)c1ccc(Oc2ccc(Cl)c(C(F)(F)F)c2)cc1Cl. The summed E-state index contributed by atoms with van der Waals surface area (Å²) in [5.74, 6) is -0.533. The smallest absolute Gasteiger partial charge is 0.417 e. The van der Waals surface area contributed by atoms with Crippen LogP contribution >= 0.6 is 23.2 Å². The summed E-state index contributed by atoms with van der Waals surface area (Å²) in [6.07, 6.45) is -4.59. The fourth-order valence-corrected chi connectivity index (χ4v) is 2.23. The summed E-state index contributed by atoms with van der Waals surface area (Å²) in [7, 11) is 1.20. The van der Waals surface area contributed by atoms with Crippen LogP contribution in [0, 0.1) is 0 Å². The van der Waals surface area contributed by atoms with Crippen LogP contribution < -0.4 is 4.74 Å². The van der Waals surface area contributed by atoms with Gasteiger partial charge in [0.25, 0.3) is 0 Å². The average molecular weight is 365 g/mol. The Labute approximate surface area is 139 Å². The lowest BCUT2D eigenvalue weighted by atomic mass is 10.2. The summed E-state index contributed by atoms with van der Waals surface area (Å²) >= 11 is 11.4. The minimum absolute atomic E-state index is 0.0550. The van der Waals surface area contributed by atoms with Gasteiger partial charge in [0.1, 0.15) is 11.5 Å². The zero-order valence-electron chi connectivity index (χ0n) is 11.6. The van der Waals surface area contributed by atoms with E-state index in [4.69, 9.17) is 27.9 Å². The maximum atomic E-state index is 12.8. The van der Waals surface area contributed by atoms with Crippen molar-refractivity contribution in [3.63, 3.8) is 0 Å². The first-order chi connectivity index (χ1) is 10.7. The number of carbonyl (C=O) groups is 1. The highest BCUT2D eigenvalue weighted by Crippen LogP contribution is 2.38. The summed E-state index contributed by atoms with van der Waals surface area (Å²) in [6.45, 7) is 0. The highest BCUT2D eigenvalue weighted by molar-refractivity contribution is 6.33. The molecule has 0 aromatic heterocycles. The Kier molecular flexibility index (Phi) is 5.06. The number of rotatable bonds is 3. The number of ether oxygens (including phenoxy) is 2. The van der Waals surface area contributed by atoms with Crippen LogP contribution in [0.25, 0.3) is 0 Å². The topological polar surface area (TPSA) is 35.5 Å². The number of benzene rings is 2. The van der Waals surface area contributed by atoms with Gasteiger partial charge in [-0.15, -0.1) is 0 Å². The average Bonchev–Trinajstić information content (AvgIpc) is 2.47. The molecule has 2 aromatic carbocycles. The van der Waals surface area contributed by atoms with Gasteiger partial charge < -0.3 is 9.47 Å². The Hall–Kier alpha value is -1.92. The third kappa shape index (κ3) is 4.09. The molecule has 0 heterocycles. The first-order valence-corrected chi connectivity index (χ1v) is 6.90. The Morgan fingerprint density at radius 3 is 2.17 bits per heavy atom. The predicted octanol–water partition coefficient (Wildman–Crippen LogP) is 5.59. The van der Waals surface area contributed by atoms with Crippen LogP contribution in [0.3, 0.4) is 0 Å². The number of hydrogen-bond acceptors (Lipinski definition) is 3. The van der Waals surface area contributed by atoms with Crippen molar-refractivity contribution in [3.05, 3.63) is 57.6 Å². The summed E-state index contributed by atoms with van der Waals surface area (Å²) in [5, 5.41) is -0.372. The van der Waals surface area contributed by atoms with E-state index in [9.17, 15) is 18.0 Å². The normalized spacial score (nSPS) is 11.2. The molecule has 0 aliphatic rings. The molecule has 0 amide bonds. The van der Waals surface area contributed by atoms with Gasteiger partial charge in [0, 0.05) is 6.07 Å². The van der Waals surface area contributed by atoms with Crippen LogP contribution in [-0.4, -0.2) is 13.1 Å². The minimum atomic E-state index is -4.59. The van der Waals surface area contributed by atoms with Gasteiger partial charge in [0.05, 0.1) is 28.3 Å². The molecule has 3 nitrogen and oxygen atoms in total. The minimum Gasteiger partial charge on any atom is -0.465 e. The van der Waals surface area contributed by atoms with Gasteiger partial charge in [-0.2, -0.15) is 13.2 Å². The summed E-state index contributed by atoms with van der Waals surface area (Å²) in [5.41, 5.74) is -0.887. The molecule has 0 fully saturated rings. The van der Waals surface area contributed by atoms with Gasteiger partial charge in [-0.3, -0.25) is 0 Å². The van der Waals surface area contributed by atoms with E-state index in [1.165, 1.54) is 31.4 Å². The number of alkyl halides is 3. The summed E-state index contributed by atoms with van der Waals surface area (Å²) in [4.78, 5) is 11.4. The maximum absolute atomic E-state index is 12.8. The van der Waals surface area contributed by atoms with Crippen molar-refractivity contribution in [2.75, 3.05) is 7.11 Å². The molecule has 8 heteroatoms. The van der Waals surface area contributed by atoms with Gasteiger partial charge >= 0.3 is 12.1 Å². The zero-order chi connectivity index (χ0) is 17.2. The summed E-state index contributed by atoms with van der Waals surface area (Å²) < 4.78 is 48.3. The molecule has 0 saturated carbocycles. The third-order valence-electron chi connectivity index (χ3n) is 2.82. The van der Waals surface area contributed by atoms with E-state index in [2.05, 4.69) is 4.74 Å². The zero-order valence-corrected chi connectivity index (χ0v) is 13.1. The van der Waals surface area contributed by atoms with Crippen molar-refractivity contribution in [1.29, 1.82) is 0 Å².